The van der Waals surface area contributed by atoms with E-state index in [1.807, 2.05) is 0 Å². The third-order valence-electron chi connectivity index (χ3n) is 2.48. The molecular formula is C13H19ClN2O2. The van der Waals surface area contributed by atoms with E-state index >= 15 is 0 Å². The number of rotatable bonds is 6. The van der Waals surface area contributed by atoms with Crippen LogP contribution in [0.4, 0.5) is 5.69 Å². The van der Waals surface area contributed by atoms with Crippen LogP contribution >= 0.6 is 11.6 Å². The predicted molar refractivity (Wildman–Crippen MR) is 73.9 cm³/mol. The molecule has 0 aliphatic rings. The lowest BCUT2D eigenvalue weighted by atomic mass is 10.3. The van der Waals surface area contributed by atoms with Crippen molar-refractivity contribution in [1.29, 1.82) is 0 Å². The monoisotopic (exact) mass is 270 g/mol. The highest BCUT2D eigenvalue weighted by Gasteiger charge is 2.15. The Hall–Kier alpha value is -1.42. The summed E-state index contributed by atoms with van der Waals surface area (Å²) in [5.41, 5.74) is 6.21. The standard InChI is InChI=1S/C13H19ClN2O2/c1-3-4-7-16-13(17)9(2)18-12-8-10(14)5-6-11(12)15/h5-6,8-9H,3-4,7,15H2,1-2H3,(H,16,17). The van der Waals surface area contributed by atoms with Gasteiger partial charge in [0.25, 0.3) is 5.91 Å². The van der Waals surface area contributed by atoms with Gasteiger partial charge in [0.05, 0.1) is 5.69 Å². The summed E-state index contributed by atoms with van der Waals surface area (Å²) in [5, 5.41) is 3.33. The van der Waals surface area contributed by atoms with E-state index in [9.17, 15) is 4.79 Å². The molecule has 0 radical (unpaired) electrons. The Bertz CT molecular complexity index is 410. The van der Waals surface area contributed by atoms with Crippen molar-refractivity contribution in [3.63, 3.8) is 0 Å². The summed E-state index contributed by atoms with van der Waals surface area (Å²) in [6.07, 6.45) is 1.40. The average molecular weight is 271 g/mol. The summed E-state index contributed by atoms with van der Waals surface area (Å²) in [7, 11) is 0. The number of ether oxygens (including phenoxy) is 1. The summed E-state index contributed by atoms with van der Waals surface area (Å²) in [5.74, 6) is 0.281. The number of carbonyl (C=O) groups is 1. The molecule has 3 N–H and O–H groups in total. The highest BCUT2D eigenvalue weighted by Crippen LogP contribution is 2.26. The zero-order valence-corrected chi connectivity index (χ0v) is 11.5. The first-order valence-electron chi connectivity index (χ1n) is 6.04. The molecule has 0 bridgehead atoms. The first-order valence-corrected chi connectivity index (χ1v) is 6.41. The van der Waals surface area contributed by atoms with Crippen LogP contribution in [0.5, 0.6) is 5.75 Å². The molecule has 1 aromatic carbocycles. The second-order valence-corrected chi connectivity index (χ2v) is 4.52. The Kier molecular flexibility index (Phi) is 5.78. The highest BCUT2D eigenvalue weighted by atomic mass is 35.5. The Morgan fingerprint density at radius 3 is 2.94 bits per heavy atom. The molecule has 18 heavy (non-hydrogen) atoms. The third-order valence-corrected chi connectivity index (χ3v) is 2.71. The van der Waals surface area contributed by atoms with Gasteiger partial charge in [-0.1, -0.05) is 24.9 Å². The quantitative estimate of drug-likeness (QED) is 0.617. The first kappa shape index (κ1) is 14.6. The maximum absolute atomic E-state index is 11.7. The molecule has 0 aliphatic heterocycles. The van der Waals surface area contributed by atoms with Gasteiger partial charge in [-0.15, -0.1) is 0 Å². The van der Waals surface area contributed by atoms with E-state index in [0.717, 1.165) is 12.8 Å². The van der Waals surface area contributed by atoms with Crippen LogP contribution in [0.2, 0.25) is 5.02 Å². The van der Waals surface area contributed by atoms with Gasteiger partial charge in [-0.3, -0.25) is 4.79 Å². The van der Waals surface area contributed by atoms with Crippen LogP contribution in [-0.2, 0) is 4.79 Å². The summed E-state index contributed by atoms with van der Waals surface area (Å²) >= 11 is 5.85. The van der Waals surface area contributed by atoms with Crippen molar-refractivity contribution >= 4 is 23.2 Å². The molecule has 0 aromatic heterocycles. The molecule has 1 unspecified atom stereocenters. The van der Waals surface area contributed by atoms with Crippen molar-refractivity contribution in [3.05, 3.63) is 23.2 Å². The molecule has 5 heteroatoms. The third kappa shape index (κ3) is 4.45. The minimum Gasteiger partial charge on any atom is -0.479 e. The average Bonchev–Trinajstić information content (AvgIpc) is 2.34. The molecule has 0 saturated heterocycles. The number of halogens is 1. The molecule has 4 nitrogen and oxygen atoms in total. The fourth-order valence-electron chi connectivity index (χ4n) is 1.39. The van der Waals surface area contributed by atoms with Gasteiger partial charge in [0.15, 0.2) is 6.10 Å². The molecule has 0 spiro atoms. The predicted octanol–water partition coefficient (Wildman–Crippen LogP) is 2.61. The molecular weight excluding hydrogens is 252 g/mol. The highest BCUT2D eigenvalue weighted by molar-refractivity contribution is 6.30. The number of anilines is 1. The Labute approximate surface area is 112 Å². The topological polar surface area (TPSA) is 64.3 Å². The van der Waals surface area contributed by atoms with Crippen LogP contribution in [0.25, 0.3) is 0 Å². The summed E-state index contributed by atoms with van der Waals surface area (Å²) in [4.78, 5) is 11.7. The maximum Gasteiger partial charge on any atom is 0.260 e. The van der Waals surface area contributed by atoms with Gasteiger partial charge < -0.3 is 15.8 Å². The van der Waals surface area contributed by atoms with E-state index in [-0.39, 0.29) is 5.91 Å². The molecule has 1 aromatic rings. The van der Waals surface area contributed by atoms with Gasteiger partial charge in [-0.05, 0) is 25.5 Å². The number of nitrogen functional groups attached to an aromatic ring is 1. The van der Waals surface area contributed by atoms with Gasteiger partial charge in [0.2, 0.25) is 0 Å². The van der Waals surface area contributed by atoms with Gasteiger partial charge in [-0.2, -0.15) is 0 Å². The molecule has 1 amide bonds. The van der Waals surface area contributed by atoms with Crippen LogP contribution in [0.15, 0.2) is 18.2 Å². The fourth-order valence-corrected chi connectivity index (χ4v) is 1.55. The lowest BCUT2D eigenvalue weighted by Gasteiger charge is -2.16. The second-order valence-electron chi connectivity index (χ2n) is 4.09. The molecule has 0 fully saturated rings. The summed E-state index contributed by atoms with van der Waals surface area (Å²) in [6, 6.07) is 4.93. The lowest BCUT2D eigenvalue weighted by Crippen LogP contribution is -2.36. The Morgan fingerprint density at radius 1 is 1.56 bits per heavy atom. The Balaban J connectivity index is 2.55. The molecule has 0 aliphatic carbocycles. The van der Waals surface area contributed by atoms with Crippen molar-refractivity contribution in [2.45, 2.75) is 32.8 Å². The number of nitrogens with one attached hydrogen (secondary N) is 1. The fraction of sp³-hybridized carbons (Fsp3) is 0.462. The number of carbonyl (C=O) groups excluding carboxylic acids is 1. The molecule has 0 saturated carbocycles. The smallest absolute Gasteiger partial charge is 0.260 e. The molecule has 0 heterocycles. The number of amides is 1. The van der Waals surface area contributed by atoms with Gasteiger partial charge in [-0.25, -0.2) is 0 Å². The number of unbranched alkanes of at least 4 members (excludes halogenated alkanes) is 1. The van der Waals surface area contributed by atoms with E-state index in [4.69, 9.17) is 22.1 Å². The van der Waals surface area contributed by atoms with Crippen LogP contribution in [0.1, 0.15) is 26.7 Å². The van der Waals surface area contributed by atoms with Crippen LogP contribution in [-0.4, -0.2) is 18.6 Å². The molecule has 100 valence electrons. The minimum atomic E-state index is -0.595. The number of nitrogens with two attached hydrogens (primary N) is 1. The Morgan fingerprint density at radius 2 is 2.28 bits per heavy atom. The molecule has 1 rings (SSSR count). The SMILES string of the molecule is CCCCNC(=O)C(C)Oc1cc(Cl)ccc1N. The van der Waals surface area contributed by atoms with E-state index in [1.165, 1.54) is 0 Å². The van der Waals surface area contributed by atoms with Crippen LogP contribution in [0, 0.1) is 0 Å². The van der Waals surface area contributed by atoms with E-state index < -0.39 is 6.10 Å². The second kappa shape index (κ2) is 7.11. The van der Waals surface area contributed by atoms with Gasteiger partial charge in [0.1, 0.15) is 5.75 Å². The molecule has 1 atom stereocenters. The largest absolute Gasteiger partial charge is 0.479 e. The van der Waals surface area contributed by atoms with Crippen LogP contribution in [0.3, 0.4) is 0 Å². The normalized spacial score (nSPS) is 11.9. The zero-order valence-electron chi connectivity index (χ0n) is 10.7. The van der Waals surface area contributed by atoms with Crippen molar-refractivity contribution < 1.29 is 9.53 Å². The summed E-state index contributed by atoms with van der Waals surface area (Å²) in [6.45, 7) is 4.41. The minimum absolute atomic E-state index is 0.150. The van der Waals surface area contributed by atoms with E-state index in [0.29, 0.717) is 23.0 Å². The van der Waals surface area contributed by atoms with E-state index in [2.05, 4.69) is 12.2 Å². The lowest BCUT2D eigenvalue weighted by molar-refractivity contribution is -0.127. The van der Waals surface area contributed by atoms with Crippen LogP contribution < -0.4 is 15.8 Å². The van der Waals surface area contributed by atoms with Gasteiger partial charge >= 0.3 is 0 Å². The van der Waals surface area contributed by atoms with Gasteiger partial charge in [0, 0.05) is 17.6 Å². The van der Waals surface area contributed by atoms with E-state index in [1.54, 1.807) is 25.1 Å². The summed E-state index contributed by atoms with van der Waals surface area (Å²) < 4.78 is 5.50. The number of hydrogen-bond donors (Lipinski definition) is 2. The number of hydrogen-bond acceptors (Lipinski definition) is 3. The zero-order chi connectivity index (χ0) is 13.5. The van der Waals surface area contributed by atoms with Crippen molar-refractivity contribution in [2.75, 3.05) is 12.3 Å². The maximum atomic E-state index is 11.7. The van der Waals surface area contributed by atoms with Crippen molar-refractivity contribution in [2.24, 2.45) is 0 Å². The first-order chi connectivity index (χ1) is 8.54. The van der Waals surface area contributed by atoms with Crippen molar-refractivity contribution in [1.82, 2.24) is 5.32 Å². The van der Waals surface area contributed by atoms with Crippen molar-refractivity contribution in [3.8, 4) is 5.75 Å². The number of benzene rings is 1.